The Balaban J connectivity index is 0.698. The number of rotatable bonds is 13. The number of halogens is 1. The number of piperidine rings is 2. The number of nitrogens with zero attached hydrogens (tertiary/aromatic N) is 8. The molecule has 15 nitrogen and oxygen atoms in total. The van der Waals surface area contributed by atoms with Gasteiger partial charge in [-0.25, -0.2) is 9.98 Å². The van der Waals surface area contributed by atoms with Crippen LogP contribution in [0.4, 0.5) is 17.2 Å². The van der Waals surface area contributed by atoms with Gasteiger partial charge < -0.3 is 39.5 Å². The van der Waals surface area contributed by atoms with Crippen LogP contribution in [0.1, 0.15) is 118 Å². The number of nitrogens with one attached hydrogen (secondary N) is 1. The summed E-state index contributed by atoms with van der Waals surface area (Å²) in [4.78, 5) is 50.4. The number of aliphatic hydroxyl groups is 2. The fraction of sp³-hybridized carbons (Fsp3) is 0.526. The molecule has 4 fully saturated rings. The third-order valence-electron chi connectivity index (χ3n) is 16.8. The van der Waals surface area contributed by atoms with Crippen molar-refractivity contribution in [2.24, 2.45) is 16.8 Å². The molecule has 3 N–H and O–H groups in total. The molecule has 3 aromatic carbocycles. The minimum absolute atomic E-state index is 0.0725. The number of carbonyl (C=O) groups is 2. The predicted octanol–water partition coefficient (Wildman–Crippen LogP) is 8.58. The summed E-state index contributed by atoms with van der Waals surface area (Å²) in [6, 6.07) is 21.8. The van der Waals surface area contributed by atoms with E-state index >= 15 is 0 Å². The number of ether oxygens (including phenoxy) is 1. The van der Waals surface area contributed by atoms with Crippen LogP contribution in [0.3, 0.4) is 0 Å². The molecule has 0 radical (unpaired) electrons. The predicted molar refractivity (Wildman–Crippen MR) is 289 cm³/mol. The Morgan fingerprint density at radius 3 is 2.39 bits per heavy atom. The minimum Gasteiger partial charge on any atom is -0.391 e. The van der Waals surface area contributed by atoms with Gasteiger partial charge in [0.1, 0.15) is 17.8 Å². The molecule has 8 heterocycles. The highest BCUT2D eigenvalue weighted by Gasteiger charge is 2.47. The summed E-state index contributed by atoms with van der Waals surface area (Å²) in [5, 5.41) is 30.4. The van der Waals surface area contributed by atoms with Gasteiger partial charge in [-0.2, -0.15) is 0 Å². The SMILES string of the molecule is Cc1ncsc1-c1ccc([C@H](CN2CCOCC2)NC(=O)[C@@H]2C[C@@H](O)CN2C(=O)C(c2cc(N3CCC(CN4CCC(c5ccc6c(c5)N5C(=NC(O)c7c(Cl)cccc75)C6(C)C)CC4)CC3)no2)C(C)C)cc1. The Labute approximate surface area is 443 Å². The molecule has 0 aliphatic carbocycles. The van der Waals surface area contributed by atoms with Crippen molar-refractivity contribution in [3.05, 3.63) is 111 Å². The van der Waals surface area contributed by atoms with E-state index in [-0.39, 0.29) is 42.2 Å². The first-order valence-corrected chi connectivity index (χ1v) is 28.0. The Morgan fingerprint density at radius 2 is 1.68 bits per heavy atom. The molecule has 0 saturated carbocycles. The van der Waals surface area contributed by atoms with Gasteiger partial charge in [0.15, 0.2) is 17.8 Å². The number of aryl methyl sites for hydroxylation is 1. The van der Waals surface area contributed by atoms with E-state index in [1.54, 1.807) is 16.2 Å². The van der Waals surface area contributed by atoms with Crippen molar-refractivity contribution < 1.29 is 29.1 Å². The molecule has 2 amide bonds. The second kappa shape index (κ2) is 21.1. The van der Waals surface area contributed by atoms with Crippen LogP contribution >= 0.6 is 22.9 Å². The van der Waals surface area contributed by atoms with E-state index in [1.807, 2.05) is 50.5 Å². The summed E-state index contributed by atoms with van der Waals surface area (Å²) in [6.45, 7) is 18.7. The number of aliphatic imine (C=N–C) groups is 1. The van der Waals surface area contributed by atoms with Gasteiger partial charge >= 0.3 is 0 Å². The van der Waals surface area contributed by atoms with Gasteiger partial charge in [0.2, 0.25) is 11.8 Å². The highest BCUT2D eigenvalue weighted by atomic mass is 35.5. The number of anilines is 3. The van der Waals surface area contributed by atoms with Crippen molar-refractivity contribution in [3.8, 4) is 10.4 Å². The van der Waals surface area contributed by atoms with Crippen molar-refractivity contribution >= 4 is 57.8 Å². The number of β-amino-alcohol motifs (C(OH)–C–C–N with tert-alkyl or cyclic N) is 1. The summed E-state index contributed by atoms with van der Waals surface area (Å²) in [6.07, 6.45) is 2.63. The van der Waals surface area contributed by atoms with E-state index in [2.05, 4.69) is 91.4 Å². The largest absolute Gasteiger partial charge is 0.391 e. The molecule has 17 heteroatoms. The fourth-order valence-electron chi connectivity index (χ4n) is 12.6. The number of aromatic nitrogens is 2. The van der Waals surface area contributed by atoms with Gasteiger partial charge in [0.05, 0.1) is 57.8 Å². The molecule has 11 rings (SSSR count). The number of amidine groups is 1. The third kappa shape index (κ3) is 9.91. The standard InChI is InChI=1S/C57H70ClN9O6S/c1-34(2)50(55(71)66-31-41(68)28-47(66)53(69)60-44(32-64-23-25-72-26-24-64)38-9-11-39(12-10-38)52-35(3)59-33-74-52)48-29-49(62-73-48)65-21-15-36(16-22-65)30-63-19-17-37(18-20-63)40-13-14-42-46(27-40)67-45-8-6-7-43(58)51(45)54(70)61-56(67)57(42,4)5/h6-14,27,29,33-34,36-37,41,44,47,50,54,68,70H,15-26,28,30-32H2,1-5H3,(H,60,69)/t41-,44+,47+,50?,54?/m1/s1. The summed E-state index contributed by atoms with van der Waals surface area (Å²) < 4.78 is 11.6. The second-order valence-electron chi connectivity index (χ2n) is 22.3. The number of likely N-dealkylation sites (tertiary alicyclic amines) is 2. The lowest BCUT2D eigenvalue weighted by molar-refractivity contribution is -0.141. The zero-order chi connectivity index (χ0) is 51.4. The Morgan fingerprint density at radius 1 is 0.919 bits per heavy atom. The molecule has 6 aliphatic rings. The quantitative estimate of drug-likeness (QED) is 0.103. The Hall–Kier alpha value is -5.20. The molecular weight excluding hydrogens is 974 g/mol. The van der Waals surface area contributed by atoms with E-state index < -0.39 is 24.3 Å². The average molecular weight is 1040 g/mol. The van der Waals surface area contributed by atoms with E-state index in [1.165, 1.54) is 11.1 Å². The first-order chi connectivity index (χ1) is 35.7. The molecule has 5 atom stereocenters. The lowest BCUT2D eigenvalue weighted by atomic mass is 9.83. The van der Waals surface area contributed by atoms with Crippen molar-refractivity contribution in [1.29, 1.82) is 0 Å². The molecule has 6 aliphatic heterocycles. The van der Waals surface area contributed by atoms with Crippen molar-refractivity contribution in [2.45, 2.75) is 108 Å². The first-order valence-electron chi connectivity index (χ1n) is 26.7. The Kier molecular flexibility index (Phi) is 14.5. The minimum atomic E-state index is -0.985. The molecule has 392 valence electrons. The number of morpholine rings is 1. The average Bonchev–Trinajstić information content (AvgIpc) is 4.21. The fourth-order valence-corrected chi connectivity index (χ4v) is 13.7. The van der Waals surface area contributed by atoms with Crippen LogP contribution < -0.4 is 15.1 Å². The number of amides is 2. The molecule has 74 heavy (non-hydrogen) atoms. The molecular formula is C57H70ClN9O6S. The number of hydrogen-bond acceptors (Lipinski definition) is 14. The van der Waals surface area contributed by atoms with E-state index in [9.17, 15) is 19.8 Å². The maximum Gasteiger partial charge on any atom is 0.243 e. The Bertz CT molecular complexity index is 2870. The number of hydrogen-bond donors (Lipinski definition) is 3. The highest BCUT2D eigenvalue weighted by Crippen LogP contribution is 2.52. The van der Waals surface area contributed by atoms with Gasteiger partial charge in [0, 0.05) is 69.3 Å². The maximum absolute atomic E-state index is 14.7. The third-order valence-corrected chi connectivity index (χ3v) is 18.1. The summed E-state index contributed by atoms with van der Waals surface area (Å²) >= 11 is 8.22. The summed E-state index contributed by atoms with van der Waals surface area (Å²) in [5.41, 5.74) is 9.79. The van der Waals surface area contributed by atoms with Crippen molar-refractivity contribution in [2.75, 3.05) is 81.9 Å². The van der Waals surface area contributed by atoms with Crippen LogP contribution in [0.15, 0.2) is 81.8 Å². The van der Waals surface area contributed by atoms with Gasteiger partial charge in [-0.05, 0) is 118 Å². The highest BCUT2D eigenvalue weighted by molar-refractivity contribution is 7.13. The van der Waals surface area contributed by atoms with Crippen LogP contribution in [-0.2, 0) is 19.7 Å². The number of carbonyl (C=O) groups excluding carboxylic acids is 2. The summed E-state index contributed by atoms with van der Waals surface area (Å²) in [7, 11) is 0. The molecule has 5 aromatic rings. The number of thiazole rings is 1. The topological polar surface area (TPSA) is 163 Å². The zero-order valence-electron chi connectivity index (χ0n) is 43.3. The van der Waals surface area contributed by atoms with E-state index in [4.69, 9.17) is 25.9 Å². The van der Waals surface area contributed by atoms with Crippen LogP contribution in [0, 0.1) is 18.8 Å². The van der Waals surface area contributed by atoms with Crippen molar-refractivity contribution in [1.82, 2.24) is 30.2 Å². The van der Waals surface area contributed by atoms with Crippen LogP contribution in [-0.4, -0.2) is 137 Å². The lowest BCUT2D eigenvalue weighted by Crippen LogP contribution is -2.50. The molecule has 0 spiro atoms. The second-order valence-corrected chi connectivity index (χ2v) is 23.6. The van der Waals surface area contributed by atoms with Crippen molar-refractivity contribution in [3.63, 3.8) is 0 Å². The molecule has 0 bridgehead atoms. The normalized spacial score (nSPS) is 23.4. The van der Waals surface area contributed by atoms with Gasteiger partial charge in [-0.3, -0.25) is 19.4 Å². The lowest BCUT2D eigenvalue weighted by Gasteiger charge is -2.38. The first kappa shape index (κ1) is 50.9. The van der Waals surface area contributed by atoms with Crippen LogP contribution in [0.5, 0.6) is 0 Å². The van der Waals surface area contributed by atoms with E-state index in [0.29, 0.717) is 47.9 Å². The van der Waals surface area contributed by atoms with E-state index in [0.717, 1.165) is 116 Å². The summed E-state index contributed by atoms with van der Waals surface area (Å²) in [5.74, 6) is 1.78. The smallest absolute Gasteiger partial charge is 0.243 e. The molecule has 4 saturated heterocycles. The van der Waals surface area contributed by atoms with Crippen LogP contribution in [0.2, 0.25) is 5.02 Å². The number of benzene rings is 3. The maximum atomic E-state index is 14.7. The van der Waals surface area contributed by atoms with Gasteiger partial charge in [0.25, 0.3) is 0 Å². The van der Waals surface area contributed by atoms with Crippen LogP contribution in [0.25, 0.3) is 10.4 Å². The monoisotopic (exact) mass is 1040 g/mol. The molecule has 2 aromatic heterocycles. The number of fused-ring (bicyclic) bond motifs is 5. The van der Waals surface area contributed by atoms with Gasteiger partial charge in [-0.1, -0.05) is 73.1 Å². The molecule has 2 unspecified atom stereocenters. The zero-order valence-corrected chi connectivity index (χ0v) is 44.8. The van der Waals surface area contributed by atoms with Gasteiger partial charge in [-0.15, -0.1) is 11.3 Å². The number of aliphatic hydroxyl groups excluding tert-OH is 2.